The van der Waals surface area contributed by atoms with Gasteiger partial charge in [0.15, 0.2) is 0 Å². The third-order valence-corrected chi connectivity index (χ3v) is 6.40. The third-order valence-electron chi connectivity index (χ3n) is 4.07. The highest BCUT2D eigenvalue weighted by Crippen LogP contribution is 2.27. The van der Waals surface area contributed by atoms with Gasteiger partial charge in [0.2, 0.25) is 0 Å². The first kappa shape index (κ1) is 17.6. The SMILES string of the molecule is Cc1nc2cc(NS(=O)(=O)c3cccc(-c4ccc(F)cc4)c3)ccc2s1. The number of benzene rings is 3. The number of fused-ring (bicyclic) bond motifs is 1. The molecule has 4 aromatic rings. The molecule has 0 radical (unpaired) electrons. The number of sulfonamides is 1. The number of aromatic nitrogens is 1. The van der Waals surface area contributed by atoms with E-state index in [-0.39, 0.29) is 10.7 Å². The van der Waals surface area contributed by atoms with E-state index < -0.39 is 10.0 Å². The quantitative estimate of drug-likeness (QED) is 0.513. The zero-order valence-corrected chi connectivity index (χ0v) is 15.9. The summed E-state index contributed by atoms with van der Waals surface area (Å²) in [6.45, 7) is 1.91. The van der Waals surface area contributed by atoms with E-state index in [1.54, 1.807) is 53.8 Å². The number of nitrogens with zero attached hydrogens (tertiary/aromatic N) is 1. The van der Waals surface area contributed by atoms with Crippen molar-refractivity contribution in [1.29, 1.82) is 0 Å². The summed E-state index contributed by atoms with van der Waals surface area (Å²) in [4.78, 5) is 4.53. The predicted molar refractivity (Wildman–Crippen MR) is 107 cm³/mol. The lowest BCUT2D eigenvalue weighted by atomic mass is 10.1. The van der Waals surface area contributed by atoms with Gasteiger partial charge in [-0.25, -0.2) is 17.8 Å². The maximum Gasteiger partial charge on any atom is 0.261 e. The van der Waals surface area contributed by atoms with Gasteiger partial charge in [0.1, 0.15) is 5.82 Å². The standard InChI is InChI=1S/C20H15FN2O2S2/c1-13-22-19-12-17(9-10-20(19)26-13)23-27(24,25)18-4-2-3-15(11-18)14-5-7-16(21)8-6-14/h2-12,23H,1H3. The van der Waals surface area contributed by atoms with Crippen LogP contribution in [0.2, 0.25) is 0 Å². The van der Waals surface area contributed by atoms with Gasteiger partial charge in [0.25, 0.3) is 10.0 Å². The van der Waals surface area contributed by atoms with Crippen molar-refractivity contribution >= 4 is 37.3 Å². The van der Waals surface area contributed by atoms with Crippen molar-refractivity contribution in [2.45, 2.75) is 11.8 Å². The van der Waals surface area contributed by atoms with Gasteiger partial charge >= 0.3 is 0 Å². The molecule has 4 nitrogen and oxygen atoms in total. The van der Waals surface area contributed by atoms with E-state index in [4.69, 9.17) is 0 Å². The highest BCUT2D eigenvalue weighted by Gasteiger charge is 2.16. The van der Waals surface area contributed by atoms with E-state index in [1.807, 2.05) is 13.0 Å². The largest absolute Gasteiger partial charge is 0.280 e. The van der Waals surface area contributed by atoms with Crippen LogP contribution in [0, 0.1) is 12.7 Å². The predicted octanol–water partition coefficient (Wildman–Crippen LogP) is 5.21. The van der Waals surface area contributed by atoms with E-state index in [0.29, 0.717) is 11.3 Å². The summed E-state index contributed by atoms with van der Waals surface area (Å²) in [5, 5.41) is 0.928. The number of rotatable bonds is 4. The van der Waals surface area contributed by atoms with Gasteiger partial charge in [-0.1, -0.05) is 24.3 Å². The van der Waals surface area contributed by atoms with Crippen LogP contribution >= 0.6 is 11.3 Å². The minimum Gasteiger partial charge on any atom is -0.280 e. The summed E-state index contributed by atoms with van der Waals surface area (Å²) in [5.41, 5.74) is 2.66. The van der Waals surface area contributed by atoms with Crippen molar-refractivity contribution < 1.29 is 12.8 Å². The Morgan fingerprint density at radius 3 is 2.52 bits per heavy atom. The molecule has 0 saturated carbocycles. The lowest BCUT2D eigenvalue weighted by Gasteiger charge is -2.10. The molecule has 136 valence electrons. The number of anilines is 1. The first-order valence-corrected chi connectivity index (χ1v) is 10.5. The van der Waals surface area contributed by atoms with Crippen LogP contribution in [0.25, 0.3) is 21.3 Å². The molecule has 0 fully saturated rings. The van der Waals surface area contributed by atoms with Crippen molar-refractivity contribution in [3.8, 4) is 11.1 Å². The van der Waals surface area contributed by atoms with Crippen molar-refractivity contribution in [1.82, 2.24) is 4.98 Å². The fourth-order valence-electron chi connectivity index (χ4n) is 2.81. The zero-order valence-electron chi connectivity index (χ0n) is 14.3. The second kappa shape index (κ2) is 6.75. The van der Waals surface area contributed by atoms with E-state index in [0.717, 1.165) is 20.8 Å². The molecule has 0 aliphatic heterocycles. The summed E-state index contributed by atoms with van der Waals surface area (Å²) < 4.78 is 42.3. The van der Waals surface area contributed by atoms with Gasteiger partial charge in [-0.3, -0.25) is 4.72 Å². The van der Waals surface area contributed by atoms with Gasteiger partial charge in [-0.05, 0) is 60.5 Å². The fraction of sp³-hybridized carbons (Fsp3) is 0.0500. The Hall–Kier alpha value is -2.77. The van der Waals surface area contributed by atoms with Crippen molar-refractivity contribution in [3.63, 3.8) is 0 Å². The topological polar surface area (TPSA) is 59.1 Å². The first-order valence-electron chi connectivity index (χ1n) is 8.17. The van der Waals surface area contributed by atoms with Crippen LogP contribution in [-0.2, 0) is 10.0 Å². The Kier molecular flexibility index (Phi) is 4.41. The molecule has 0 saturated heterocycles. The molecular formula is C20H15FN2O2S2. The van der Waals surface area contributed by atoms with Gasteiger partial charge < -0.3 is 0 Å². The van der Waals surface area contributed by atoms with Crippen LogP contribution in [0.4, 0.5) is 10.1 Å². The average molecular weight is 398 g/mol. The van der Waals surface area contributed by atoms with Crippen LogP contribution in [0.1, 0.15) is 5.01 Å². The molecule has 0 atom stereocenters. The van der Waals surface area contributed by atoms with Gasteiger partial charge in [-0.15, -0.1) is 11.3 Å². The lowest BCUT2D eigenvalue weighted by molar-refractivity contribution is 0.601. The van der Waals surface area contributed by atoms with E-state index in [9.17, 15) is 12.8 Å². The van der Waals surface area contributed by atoms with Crippen LogP contribution in [0.3, 0.4) is 0 Å². The number of aryl methyl sites for hydroxylation is 1. The Morgan fingerprint density at radius 2 is 1.74 bits per heavy atom. The van der Waals surface area contributed by atoms with E-state index in [2.05, 4.69) is 9.71 Å². The highest BCUT2D eigenvalue weighted by molar-refractivity contribution is 7.92. The van der Waals surface area contributed by atoms with Gasteiger partial charge in [-0.2, -0.15) is 0 Å². The maximum absolute atomic E-state index is 13.1. The second-order valence-electron chi connectivity index (χ2n) is 6.06. The smallest absolute Gasteiger partial charge is 0.261 e. The molecule has 0 bridgehead atoms. The molecule has 0 amide bonds. The van der Waals surface area contributed by atoms with Crippen molar-refractivity contribution in [3.05, 3.63) is 77.6 Å². The van der Waals surface area contributed by atoms with Gasteiger partial charge in [0, 0.05) is 0 Å². The Labute approximate surface area is 160 Å². The number of nitrogens with one attached hydrogen (secondary N) is 1. The summed E-state index contributed by atoms with van der Waals surface area (Å²) >= 11 is 1.56. The van der Waals surface area contributed by atoms with Crippen molar-refractivity contribution in [2.75, 3.05) is 4.72 Å². The molecule has 0 aliphatic rings. The molecular weight excluding hydrogens is 383 g/mol. The lowest BCUT2D eigenvalue weighted by Crippen LogP contribution is -2.12. The molecule has 3 aromatic carbocycles. The molecule has 7 heteroatoms. The van der Waals surface area contributed by atoms with Gasteiger partial charge in [0.05, 0.1) is 25.8 Å². The molecule has 4 rings (SSSR count). The number of thiazole rings is 1. The molecule has 0 spiro atoms. The minimum atomic E-state index is -3.76. The molecule has 1 aromatic heterocycles. The zero-order chi connectivity index (χ0) is 19.0. The number of hydrogen-bond acceptors (Lipinski definition) is 4. The molecule has 1 N–H and O–H groups in total. The first-order chi connectivity index (χ1) is 12.9. The molecule has 1 heterocycles. The number of hydrogen-bond donors (Lipinski definition) is 1. The second-order valence-corrected chi connectivity index (χ2v) is 8.97. The van der Waals surface area contributed by atoms with Crippen LogP contribution < -0.4 is 4.72 Å². The maximum atomic E-state index is 13.1. The summed E-state index contributed by atoms with van der Waals surface area (Å²) in [6, 6.07) is 17.8. The van der Waals surface area contributed by atoms with Crippen LogP contribution in [-0.4, -0.2) is 13.4 Å². The molecule has 27 heavy (non-hydrogen) atoms. The molecule has 0 unspecified atom stereocenters. The van der Waals surface area contributed by atoms with Crippen molar-refractivity contribution in [2.24, 2.45) is 0 Å². The third kappa shape index (κ3) is 3.70. The van der Waals surface area contributed by atoms with Crippen LogP contribution in [0.15, 0.2) is 71.6 Å². The fourth-order valence-corrected chi connectivity index (χ4v) is 4.71. The average Bonchev–Trinajstić information content (AvgIpc) is 3.01. The Bertz CT molecular complexity index is 1230. The van der Waals surface area contributed by atoms with Crippen LogP contribution in [0.5, 0.6) is 0 Å². The van der Waals surface area contributed by atoms with E-state index in [1.165, 1.54) is 18.2 Å². The summed E-state index contributed by atoms with van der Waals surface area (Å²) in [5.74, 6) is -0.336. The molecule has 0 aliphatic carbocycles. The number of halogens is 1. The van der Waals surface area contributed by atoms with E-state index >= 15 is 0 Å². The summed E-state index contributed by atoms with van der Waals surface area (Å²) in [6.07, 6.45) is 0. The highest BCUT2D eigenvalue weighted by atomic mass is 32.2. The summed E-state index contributed by atoms with van der Waals surface area (Å²) in [7, 11) is -3.76. The Balaban J connectivity index is 1.66. The Morgan fingerprint density at radius 1 is 0.963 bits per heavy atom. The monoisotopic (exact) mass is 398 g/mol. The minimum absolute atomic E-state index is 0.138. The normalized spacial score (nSPS) is 11.6.